The number of allylic oxidation sites excluding steroid dienone is 2. The molecule has 2 nitrogen and oxygen atoms in total. The highest BCUT2D eigenvalue weighted by Crippen LogP contribution is 2.47. The van der Waals surface area contributed by atoms with Crippen LogP contribution in [0.25, 0.3) is 83.7 Å². The number of hydrogen-bond acceptors (Lipinski definition) is 2. The maximum absolute atomic E-state index is 4.97. The van der Waals surface area contributed by atoms with Crippen molar-refractivity contribution in [3.63, 3.8) is 0 Å². The fourth-order valence-corrected chi connectivity index (χ4v) is 8.21. The van der Waals surface area contributed by atoms with Gasteiger partial charge in [0.05, 0.1) is 11.2 Å². The Morgan fingerprint density at radius 2 is 1.22 bits per heavy atom. The predicted octanol–water partition coefficient (Wildman–Crippen LogP) is 12.4. The van der Waals surface area contributed by atoms with E-state index >= 15 is 0 Å². The molecule has 236 valence electrons. The Balaban J connectivity index is 1.17. The molecule has 2 heteroatoms. The van der Waals surface area contributed by atoms with Gasteiger partial charge < -0.3 is 0 Å². The summed E-state index contributed by atoms with van der Waals surface area (Å²) in [5.41, 5.74) is 16.3. The summed E-state index contributed by atoms with van der Waals surface area (Å²) in [7, 11) is 0. The van der Waals surface area contributed by atoms with Crippen LogP contribution in [0.2, 0.25) is 0 Å². The van der Waals surface area contributed by atoms with E-state index < -0.39 is 0 Å². The van der Waals surface area contributed by atoms with Crippen molar-refractivity contribution in [1.82, 2.24) is 9.97 Å². The molecule has 0 aliphatic heterocycles. The molecular weight excluding hydrogens is 605 g/mol. The largest absolute Gasteiger partial charge is 0.256 e. The minimum absolute atomic E-state index is 0.942. The molecule has 0 saturated carbocycles. The number of aromatic nitrogens is 2. The summed E-state index contributed by atoms with van der Waals surface area (Å²) in [6, 6.07) is 46.6. The maximum atomic E-state index is 4.97. The summed E-state index contributed by atoms with van der Waals surface area (Å²) in [6.45, 7) is 0. The SMILES string of the molecule is C1=Cc2ccc(-c3c4c(c(-c5ccc6ccccc6c5)c5ccccc35)CCC(c3ccc(-c5cnc6ccccc6c5)nc3)=C4)cc2CC1. The number of para-hydroxylation sites is 1. The molecule has 0 amide bonds. The molecular formula is C48H34N2. The van der Waals surface area contributed by atoms with E-state index in [-0.39, 0.29) is 0 Å². The summed E-state index contributed by atoms with van der Waals surface area (Å²) in [5.74, 6) is 0. The zero-order valence-corrected chi connectivity index (χ0v) is 27.7. The van der Waals surface area contributed by atoms with Gasteiger partial charge in [-0.25, -0.2) is 0 Å². The Kier molecular flexibility index (Phi) is 6.80. The summed E-state index contributed by atoms with van der Waals surface area (Å²) < 4.78 is 0. The molecule has 2 aromatic heterocycles. The normalized spacial score (nSPS) is 13.7. The lowest BCUT2D eigenvalue weighted by Gasteiger charge is -2.26. The van der Waals surface area contributed by atoms with E-state index in [0.717, 1.165) is 47.8 Å². The van der Waals surface area contributed by atoms with Crippen LogP contribution >= 0.6 is 0 Å². The van der Waals surface area contributed by atoms with Crippen molar-refractivity contribution in [3.8, 4) is 33.5 Å². The fraction of sp³-hybridized carbons (Fsp3) is 0.0833. The van der Waals surface area contributed by atoms with Crippen molar-refractivity contribution < 1.29 is 0 Å². The van der Waals surface area contributed by atoms with Gasteiger partial charge in [0.2, 0.25) is 0 Å². The molecule has 0 unspecified atom stereocenters. The van der Waals surface area contributed by atoms with E-state index in [4.69, 9.17) is 4.98 Å². The molecule has 0 atom stereocenters. The van der Waals surface area contributed by atoms with Crippen LogP contribution in [0.15, 0.2) is 146 Å². The number of aryl methyl sites for hydroxylation is 1. The van der Waals surface area contributed by atoms with Crippen molar-refractivity contribution in [3.05, 3.63) is 174 Å². The quantitative estimate of drug-likeness (QED) is 0.192. The molecule has 0 bridgehead atoms. The van der Waals surface area contributed by atoms with Crippen molar-refractivity contribution in [2.75, 3.05) is 0 Å². The van der Waals surface area contributed by atoms with E-state index in [0.29, 0.717) is 0 Å². The number of benzene rings is 6. The van der Waals surface area contributed by atoms with Crippen LogP contribution in [0.1, 0.15) is 40.7 Å². The molecule has 2 aliphatic carbocycles. The molecule has 0 fully saturated rings. The maximum Gasteiger partial charge on any atom is 0.0718 e. The number of rotatable bonds is 4. The van der Waals surface area contributed by atoms with E-state index in [1.54, 1.807) is 0 Å². The molecule has 50 heavy (non-hydrogen) atoms. The predicted molar refractivity (Wildman–Crippen MR) is 211 cm³/mol. The second-order valence-electron chi connectivity index (χ2n) is 13.6. The molecule has 8 aromatic rings. The van der Waals surface area contributed by atoms with Gasteiger partial charge in [-0.1, -0.05) is 121 Å². The van der Waals surface area contributed by atoms with Gasteiger partial charge in [0.25, 0.3) is 0 Å². The topological polar surface area (TPSA) is 25.8 Å². The van der Waals surface area contributed by atoms with Gasteiger partial charge in [-0.3, -0.25) is 9.97 Å². The van der Waals surface area contributed by atoms with E-state index in [1.807, 2.05) is 18.3 Å². The average molecular weight is 639 g/mol. The lowest BCUT2D eigenvalue weighted by Crippen LogP contribution is -2.06. The highest BCUT2D eigenvalue weighted by atomic mass is 14.7. The zero-order valence-electron chi connectivity index (χ0n) is 27.7. The molecule has 0 saturated heterocycles. The van der Waals surface area contributed by atoms with Gasteiger partial charge in [0.1, 0.15) is 0 Å². The van der Waals surface area contributed by atoms with E-state index in [9.17, 15) is 0 Å². The van der Waals surface area contributed by atoms with Crippen molar-refractivity contribution in [2.45, 2.75) is 25.7 Å². The van der Waals surface area contributed by atoms with E-state index in [2.05, 4.69) is 145 Å². The van der Waals surface area contributed by atoms with Gasteiger partial charge in [-0.05, 0) is 127 Å². The minimum atomic E-state index is 0.942. The van der Waals surface area contributed by atoms with Crippen molar-refractivity contribution >= 4 is 50.2 Å². The third kappa shape index (κ3) is 4.87. The Bertz CT molecular complexity index is 2690. The Morgan fingerprint density at radius 1 is 0.500 bits per heavy atom. The summed E-state index contributed by atoms with van der Waals surface area (Å²) in [6.07, 6.45) is 15.1. The van der Waals surface area contributed by atoms with Gasteiger partial charge in [-0.15, -0.1) is 0 Å². The monoisotopic (exact) mass is 638 g/mol. The van der Waals surface area contributed by atoms with Gasteiger partial charge in [0.15, 0.2) is 0 Å². The fourth-order valence-electron chi connectivity index (χ4n) is 8.21. The average Bonchev–Trinajstić information content (AvgIpc) is 3.19. The lowest BCUT2D eigenvalue weighted by atomic mass is 9.77. The van der Waals surface area contributed by atoms with Crippen LogP contribution in [-0.4, -0.2) is 9.97 Å². The van der Waals surface area contributed by atoms with Crippen LogP contribution in [0, 0.1) is 0 Å². The van der Waals surface area contributed by atoms with Gasteiger partial charge in [-0.2, -0.15) is 0 Å². The summed E-state index contributed by atoms with van der Waals surface area (Å²) in [5, 5.41) is 6.29. The van der Waals surface area contributed by atoms with Crippen LogP contribution < -0.4 is 0 Å². The van der Waals surface area contributed by atoms with Crippen molar-refractivity contribution in [2.24, 2.45) is 0 Å². The first kappa shape index (κ1) is 28.9. The third-order valence-corrected chi connectivity index (χ3v) is 10.7. The molecule has 6 aromatic carbocycles. The number of pyridine rings is 2. The van der Waals surface area contributed by atoms with Crippen LogP contribution in [0.5, 0.6) is 0 Å². The Labute approximate surface area is 292 Å². The molecule has 10 rings (SSSR count). The van der Waals surface area contributed by atoms with Crippen LogP contribution in [0.4, 0.5) is 0 Å². The number of fused-ring (bicyclic) bond motifs is 5. The standard InChI is InChI=1S/C48H34N2/c1-3-11-33-25-37(19-17-31(33)9-1)47-41-14-6-7-15-42(41)48(38-20-18-32-10-2-4-12-34(32)26-38)44-28-35(21-23-43(44)47)39-22-24-46(49-29-39)40-27-36-13-5-8-16-45(36)50-30-40/h1-3,5-11,13-20,22,24-30H,4,12,21,23H2. The molecule has 2 aliphatic rings. The lowest BCUT2D eigenvalue weighted by molar-refractivity contribution is 0.986. The first-order valence-corrected chi connectivity index (χ1v) is 17.7. The highest BCUT2D eigenvalue weighted by molar-refractivity contribution is 6.12. The number of hydrogen-bond donors (Lipinski definition) is 0. The Hall–Kier alpha value is -6.12. The smallest absolute Gasteiger partial charge is 0.0718 e. The number of nitrogens with zero attached hydrogens (tertiary/aromatic N) is 2. The summed E-state index contributed by atoms with van der Waals surface area (Å²) >= 11 is 0. The van der Waals surface area contributed by atoms with Crippen LogP contribution in [-0.2, 0) is 12.8 Å². The third-order valence-electron chi connectivity index (χ3n) is 10.7. The van der Waals surface area contributed by atoms with Gasteiger partial charge in [0, 0.05) is 23.3 Å². The molecule has 0 radical (unpaired) electrons. The van der Waals surface area contributed by atoms with Gasteiger partial charge >= 0.3 is 0 Å². The molecule has 2 heterocycles. The molecule has 0 N–H and O–H groups in total. The van der Waals surface area contributed by atoms with E-state index in [1.165, 1.54) is 77.2 Å². The second kappa shape index (κ2) is 11.8. The minimum Gasteiger partial charge on any atom is -0.256 e. The first-order chi connectivity index (χ1) is 24.8. The molecule has 0 spiro atoms. The van der Waals surface area contributed by atoms with Crippen LogP contribution in [0.3, 0.4) is 0 Å². The highest BCUT2D eigenvalue weighted by Gasteiger charge is 2.25. The first-order valence-electron chi connectivity index (χ1n) is 17.7. The van der Waals surface area contributed by atoms with Crippen molar-refractivity contribution in [1.29, 1.82) is 0 Å². The summed E-state index contributed by atoms with van der Waals surface area (Å²) in [4.78, 5) is 9.65. The zero-order chi connectivity index (χ0) is 33.0. The Morgan fingerprint density at radius 3 is 2.10 bits per heavy atom. The second-order valence-corrected chi connectivity index (χ2v) is 13.6.